The van der Waals surface area contributed by atoms with Crippen molar-refractivity contribution in [1.82, 2.24) is 20.1 Å². The molecule has 1 fully saturated rings. The number of nitrogens with zero attached hydrogens (tertiary/aromatic N) is 4. The van der Waals surface area contributed by atoms with Crippen LogP contribution in [0.5, 0.6) is 0 Å². The van der Waals surface area contributed by atoms with Crippen LogP contribution in [0, 0.1) is 5.82 Å². The van der Waals surface area contributed by atoms with Gasteiger partial charge in [-0.05, 0) is 35.7 Å². The Bertz CT molecular complexity index is 1110. The van der Waals surface area contributed by atoms with Crippen molar-refractivity contribution in [2.75, 3.05) is 52.5 Å². The molecule has 4 rings (SSSR count). The smallest absolute Gasteiger partial charge is 0.317 e. The van der Waals surface area contributed by atoms with E-state index in [4.69, 9.17) is 16.3 Å². The van der Waals surface area contributed by atoms with Crippen LogP contribution in [-0.4, -0.2) is 84.9 Å². The van der Waals surface area contributed by atoms with E-state index >= 15 is 0 Å². The third-order valence-electron chi connectivity index (χ3n) is 6.54. The zero-order valence-electron chi connectivity index (χ0n) is 21.0. The summed E-state index contributed by atoms with van der Waals surface area (Å²) in [5, 5.41) is 9.49. The highest BCUT2D eigenvalue weighted by Crippen LogP contribution is 2.36. The van der Waals surface area contributed by atoms with Crippen molar-refractivity contribution < 1.29 is 18.7 Å². The minimum absolute atomic E-state index is 0.124. The Morgan fingerprint density at radius 2 is 1.89 bits per heavy atom. The Hall–Kier alpha value is -3.01. The minimum Gasteiger partial charge on any atom is -0.379 e. The molecule has 2 heterocycles. The van der Waals surface area contributed by atoms with Gasteiger partial charge in [0, 0.05) is 44.2 Å². The average Bonchev–Trinajstić information content (AvgIpc) is 3.36. The highest BCUT2D eigenvalue weighted by atomic mass is 35.5. The van der Waals surface area contributed by atoms with Crippen LogP contribution in [0.25, 0.3) is 0 Å². The summed E-state index contributed by atoms with van der Waals surface area (Å²) in [6, 6.07) is 12.7. The zero-order valence-corrected chi connectivity index (χ0v) is 21.8. The summed E-state index contributed by atoms with van der Waals surface area (Å²) < 4.78 is 18.9. The number of nitrogens with one attached hydrogen (secondary N) is 1. The fourth-order valence-electron chi connectivity index (χ4n) is 4.46. The third kappa shape index (κ3) is 7.06. The average molecular weight is 530 g/mol. The molecule has 2 aliphatic heterocycles. The first kappa shape index (κ1) is 27.0. The van der Waals surface area contributed by atoms with Crippen molar-refractivity contribution >= 4 is 29.3 Å². The lowest BCUT2D eigenvalue weighted by molar-refractivity contribution is -0.133. The monoisotopic (exact) mass is 529 g/mol. The Morgan fingerprint density at radius 3 is 2.59 bits per heavy atom. The van der Waals surface area contributed by atoms with Gasteiger partial charge in [-0.2, -0.15) is 5.10 Å². The first-order valence-corrected chi connectivity index (χ1v) is 13.1. The molecule has 2 aromatic rings. The molecule has 0 radical (unpaired) electrons. The Labute approximate surface area is 222 Å². The lowest BCUT2D eigenvalue weighted by Gasteiger charge is -2.31. The zero-order chi connectivity index (χ0) is 26.2. The highest BCUT2D eigenvalue weighted by Gasteiger charge is 2.35. The number of hydrogen-bond donors (Lipinski definition) is 1. The van der Waals surface area contributed by atoms with Crippen LogP contribution in [0.4, 0.5) is 9.18 Å². The maximum absolute atomic E-state index is 13.7. The molecule has 2 aliphatic rings. The molecule has 0 aliphatic carbocycles. The second kappa shape index (κ2) is 13.0. The second-order valence-corrected chi connectivity index (χ2v) is 9.55. The van der Waals surface area contributed by atoms with E-state index in [1.54, 1.807) is 23.1 Å². The summed E-state index contributed by atoms with van der Waals surface area (Å²) in [4.78, 5) is 30.4. The first-order valence-electron chi connectivity index (χ1n) is 12.7. The molecule has 0 spiro atoms. The van der Waals surface area contributed by atoms with Gasteiger partial charge in [0.15, 0.2) is 0 Å². The third-order valence-corrected chi connectivity index (χ3v) is 6.88. The summed E-state index contributed by atoms with van der Waals surface area (Å²) in [6.45, 7) is 6.35. The Morgan fingerprint density at radius 1 is 1.16 bits per heavy atom. The molecular formula is C27H33ClFN5O3. The van der Waals surface area contributed by atoms with E-state index in [1.807, 2.05) is 25.1 Å². The van der Waals surface area contributed by atoms with E-state index in [2.05, 4.69) is 15.3 Å². The number of halogens is 2. The lowest BCUT2D eigenvalue weighted by atomic mass is 9.98. The first-order chi connectivity index (χ1) is 18.0. The van der Waals surface area contributed by atoms with E-state index < -0.39 is 6.04 Å². The summed E-state index contributed by atoms with van der Waals surface area (Å²) >= 11 is 6.51. The molecular weight excluding hydrogens is 497 g/mol. The predicted octanol–water partition coefficient (Wildman–Crippen LogP) is 3.91. The highest BCUT2D eigenvalue weighted by molar-refractivity contribution is 6.31. The van der Waals surface area contributed by atoms with Crippen molar-refractivity contribution in [3.63, 3.8) is 0 Å². The topological polar surface area (TPSA) is 77.5 Å². The molecule has 0 unspecified atom stereocenters. The number of amides is 3. The largest absolute Gasteiger partial charge is 0.379 e. The molecule has 198 valence electrons. The van der Waals surface area contributed by atoms with Gasteiger partial charge in [-0.1, -0.05) is 48.9 Å². The van der Waals surface area contributed by atoms with Crippen molar-refractivity contribution in [3.05, 3.63) is 70.5 Å². The fourth-order valence-corrected chi connectivity index (χ4v) is 4.73. The number of carbonyl (C=O) groups is 2. The number of ether oxygens (including phenoxy) is 1. The SMILES string of the molecule is CCCNC(=O)N(CCN1CCOCC1)CC(=O)N1N=C(c2ccc(F)cc2)C[C@@H]1c1ccccc1Cl. The van der Waals surface area contributed by atoms with Crippen LogP contribution in [0.15, 0.2) is 53.6 Å². The molecule has 1 N–H and O–H groups in total. The summed E-state index contributed by atoms with van der Waals surface area (Å²) in [5.41, 5.74) is 2.17. The molecule has 0 aromatic heterocycles. The van der Waals surface area contributed by atoms with E-state index in [0.717, 1.165) is 30.6 Å². The van der Waals surface area contributed by atoms with Gasteiger partial charge >= 0.3 is 6.03 Å². The van der Waals surface area contributed by atoms with Crippen molar-refractivity contribution in [2.24, 2.45) is 5.10 Å². The predicted molar refractivity (Wildman–Crippen MR) is 141 cm³/mol. The number of morpholine rings is 1. The molecule has 10 heteroatoms. The standard InChI is InChI=1S/C27H33ClFN5O3/c1-2-11-30-27(36)33(13-12-32-14-16-37-17-15-32)19-26(35)34-25(22-5-3-4-6-23(22)28)18-24(31-34)20-7-9-21(29)10-8-20/h3-10,25H,2,11-19H2,1H3,(H,30,36)/t25-/m1/s1. The van der Waals surface area contributed by atoms with Crippen molar-refractivity contribution in [1.29, 1.82) is 0 Å². The second-order valence-electron chi connectivity index (χ2n) is 9.14. The van der Waals surface area contributed by atoms with Crippen LogP contribution >= 0.6 is 11.6 Å². The molecule has 3 amide bonds. The molecule has 2 aromatic carbocycles. The number of carbonyl (C=O) groups excluding carboxylic acids is 2. The van der Waals surface area contributed by atoms with Crippen LogP contribution in [0.3, 0.4) is 0 Å². The van der Waals surface area contributed by atoms with Crippen LogP contribution in [-0.2, 0) is 9.53 Å². The van der Waals surface area contributed by atoms with Gasteiger partial charge in [0.05, 0.1) is 25.0 Å². The van der Waals surface area contributed by atoms with Crippen LogP contribution < -0.4 is 5.32 Å². The number of hydrogen-bond acceptors (Lipinski definition) is 5. The van der Waals surface area contributed by atoms with Gasteiger partial charge in [0.25, 0.3) is 5.91 Å². The molecule has 1 saturated heterocycles. The molecule has 37 heavy (non-hydrogen) atoms. The molecule has 8 nitrogen and oxygen atoms in total. The van der Waals surface area contributed by atoms with Crippen molar-refractivity contribution in [2.45, 2.75) is 25.8 Å². The van der Waals surface area contributed by atoms with Gasteiger partial charge in [-0.3, -0.25) is 9.69 Å². The minimum atomic E-state index is -0.430. The maximum Gasteiger partial charge on any atom is 0.317 e. The van der Waals surface area contributed by atoms with Gasteiger partial charge in [-0.25, -0.2) is 14.2 Å². The summed E-state index contributed by atoms with van der Waals surface area (Å²) in [7, 11) is 0. The molecule has 0 bridgehead atoms. The van der Waals surface area contributed by atoms with Crippen LogP contribution in [0.1, 0.15) is 36.9 Å². The van der Waals surface area contributed by atoms with E-state index in [0.29, 0.717) is 50.0 Å². The van der Waals surface area contributed by atoms with Crippen LogP contribution in [0.2, 0.25) is 5.02 Å². The van der Waals surface area contributed by atoms with E-state index in [1.165, 1.54) is 17.1 Å². The number of urea groups is 1. The normalized spacial score (nSPS) is 18.0. The maximum atomic E-state index is 13.7. The number of hydrazone groups is 1. The Kier molecular flexibility index (Phi) is 9.49. The van der Waals surface area contributed by atoms with Gasteiger partial charge in [-0.15, -0.1) is 0 Å². The van der Waals surface area contributed by atoms with Gasteiger partial charge < -0.3 is 15.0 Å². The van der Waals surface area contributed by atoms with Gasteiger partial charge in [0.2, 0.25) is 0 Å². The molecule has 1 atom stereocenters. The van der Waals surface area contributed by atoms with E-state index in [-0.39, 0.29) is 24.3 Å². The van der Waals surface area contributed by atoms with Crippen molar-refractivity contribution in [3.8, 4) is 0 Å². The summed E-state index contributed by atoms with van der Waals surface area (Å²) in [5.74, 6) is -0.650. The Balaban J connectivity index is 1.55. The van der Waals surface area contributed by atoms with E-state index in [9.17, 15) is 14.0 Å². The number of benzene rings is 2. The fraction of sp³-hybridized carbons (Fsp3) is 0.444. The lowest BCUT2D eigenvalue weighted by Crippen LogP contribution is -2.49. The summed E-state index contributed by atoms with van der Waals surface area (Å²) in [6.07, 6.45) is 1.22. The molecule has 0 saturated carbocycles. The van der Waals surface area contributed by atoms with Gasteiger partial charge in [0.1, 0.15) is 12.4 Å². The quantitative estimate of drug-likeness (QED) is 0.534. The number of rotatable bonds is 9.